The van der Waals surface area contributed by atoms with Crippen LogP contribution in [0.2, 0.25) is 0 Å². The normalized spacial score (nSPS) is 12.1. The van der Waals surface area contributed by atoms with Crippen molar-refractivity contribution in [3.05, 3.63) is 66.4 Å². The van der Waals surface area contributed by atoms with Gasteiger partial charge in [-0.25, -0.2) is 9.50 Å². The predicted octanol–water partition coefficient (Wildman–Crippen LogP) is 4.66. The molecule has 1 N–H and O–H groups in total. The molecule has 0 fully saturated rings. The Morgan fingerprint density at radius 1 is 1.00 bits per heavy atom. The molecule has 5 aromatic rings. The number of aromatic amines is 1. The van der Waals surface area contributed by atoms with E-state index in [1.54, 1.807) is 36.8 Å². The summed E-state index contributed by atoms with van der Waals surface area (Å²) in [6.45, 7) is 1.92. The molecule has 6 nitrogen and oxygen atoms in total. The number of aryl methyl sites for hydroxylation is 1. The van der Waals surface area contributed by atoms with Crippen LogP contribution in [0.4, 0.5) is 13.2 Å². The van der Waals surface area contributed by atoms with Gasteiger partial charge in [-0.1, -0.05) is 0 Å². The SMILES string of the molecule is Cc1cc(-c2c(-c3ccncc3)ccc3nc(C(F)(F)F)nn23)cc2cn[nH]c12. The Kier molecular flexibility index (Phi) is 3.67. The minimum absolute atomic E-state index is 0.120. The molecule has 1 aromatic carbocycles. The number of H-pyrrole nitrogens is 1. The molecule has 0 amide bonds. The molecule has 0 saturated carbocycles. The van der Waals surface area contributed by atoms with Crippen LogP contribution >= 0.6 is 0 Å². The van der Waals surface area contributed by atoms with Gasteiger partial charge in [0.15, 0.2) is 5.65 Å². The van der Waals surface area contributed by atoms with Crippen LogP contribution in [0.3, 0.4) is 0 Å². The number of hydrogen-bond acceptors (Lipinski definition) is 4. The molecular formula is C20H13F3N6. The van der Waals surface area contributed by atoms with E-state index in [2.05, 4.69) is 25.3 Å². The Balaban J connectivity index is 1.87. The fraction of sp³-hybridized carbons (Fsp3) is 0.100. The van der Waals surface area contributed by atoms with Crippen LogP contribution in [0, 0.1) is 6.92 Å². The first-order valence-electron chi connectivity index (χ1n) is 8.73. The molecule has 0 spiro atoms. The van der Waals surface area contributed by atoms with Gasteiger partial charge in [-0.05, 0) is 54.4 Å². The van der Waals surface area contributed by atoms with E-state index in [0.717, 1.165) is 27.6 Å². The molecule has 4 heterocycles. The first kappa shape index (κ1) is 17.4. The highest BCUT2D eigenvalue weighted by atomic mass is 19.4. The molecule has 144 valence electrons. The van der Waals surface area contributed by atoms with E-state index >= 15 is 0 Å². The van der Waals surface area contributed by atoms with Gasteiger partial charge >= 0.3 is 6.18 Å². The Morgan fingerprint density at radius 3 is 2.55 bits per heavy atom. The highest BCUT2D eigenvalue weighted by molar-refractivity contribution is 5.90. The lowest BCUT2D eigenvalue weighted by Crippen LogP contribution is -2.08. The van der Waals surface area contributed by atoms with E-state index in [9.17, 15) is 13.2 Å². The summed E-state index contributed by atoms with van der Waals surface area (Å²) in [4.78, 5) is 7.70. The third-order valence-corrected chi connectivity index (χ3v) is 4.76. The summed E-state index contributed by atoms with van der Waals surface area (Å²) in [5.41, 5.74) is 4.68. The standard InChI is InChI=1S/C20H13F3N6/c1-11-8-13(9-14-10-25-27-17(11)14)18-15(12-4-6-24-7-5-12)2-3-16-26-19(20(21,22)23)28-29(16)18/h2-10H,1H3,(H,25,27). The Bertz CT molecular complexity index is 1350. The summed E-state index contributed by atoms with van der Waals surface area (Å²) < 4.78 is 41.0. The van der Waals surface area contributed by atoms with E-state index in [4.69, 9.17) is 0 Å². The van der Waals surface area contributed by atoms with Gasteiger partial charge in [0.2, 0.25) is 0 Å². The van der Waals surface area contributed by atoms with E-state index in [0.29, 0.717) is 11.3 Å². The number of rotatable bonds is 2. The summed E-state index contributed by atoms with van der Waals surface area (Å²) in [5.74, 6) is -1.17. The number of alkyl halides is 3. The van der Waals surface area contributed by atoms with Crippen molar-refractivity contribution in [3.63, 3.8) is 0 Å². The highest BCUT2D eigenvalue weighted by Crippen LogP contribution is 2.36. The quantitative estimate of drug-likeness (QED) is 0.473. The van der Waals surface area contributed by atoms with Crippen LogP contribution in [0.5, 0.6) is 0 Å². The minimum atomic E-state index is -4.63. The molecule has 0 aliphatic rings. The fourth-order valence-electron chi connectivity index (χ4n) is 3.48. The van der Waals surface area contributed by atoms with Crippen LogP contribution in [-0.4, -0.2) is 29.8 Å². The number of pyridine rings is 2. The second-order valence-electron chi connectivity index (χ2n) is 6.66. The molecule has 0 aliphatic heterocycles. The van der Waals surface area contributed by atoms with Crippen molar-refractivity contribution in [3.8, 4) is 22.4 Å². The van der Waals surface area contributed by atoms with Crippen LogP contribution < -0.4 is 0 Å². The molecular weight excluding hydrogens is 381 g/mol. The van der Waals surface area contributed by atoms with Gasteiger partial charge in [0.05, 0.1) is 17.4 Å². The van der Waals surface area contributed by atoms with Crippen LogP contribution in [0.1, 0.15) is 11.4 Å². The van der Waals surface area contributed by atoms with E-state index in [-0.39, 0.29) is 5.65 Å². The molecule has 0 aliphatic carbocycles. The minimum Gasteiger partial charge on any atom is -0.278 e. The van der Waals surface area contributed by atoms with Crippen molar-refractivity contribution < 1.29 is 13.2 Å². The van der Waals surface area contributed by atoms with E-state index < -0.39 is 12.0 Å². The first-order valence-corrected chi connectivity index (χ1v) is 8.73. The summed E-state index contributed by atoms with van der Waals surface area (Å²) in [6, 6.07) is 10.7. The maximum atomic E-state index is 13.3. The molecule has 0 bridgehead atoms. The van der Waals surface area contributed by atoms with Crippen LogP contribution in [0.15, 0.2) is 55.0 Å². The molecule has 0 unspecified atom stereocenters. The summed E-state index contributed by atoms with van der Waals surface area (Å²) >= 11 is 0. The number of nitrogens with one attached hydrogen (secondary N) is 1. The maximum Gasteiger partial charge on any atom is 0.453 e. The predicted molar refractivity (Wildman–Crippen MR) is 101 cm³/mol. The first-order chi connectivity index (χ1) is 13.9. The number of benzene rings is 1. The zero-order valence-electron chi connectivity index (χ0n) is 15.1. The topological polar surface area (TPSA) is 71.8 Å². The average molecular weight is 394 g/mol. The average Bonchev–Trinajstić information content (AvgIpc) is 3.34. The van der Waals surface area contributed by atoms with Crippen molar-refractivity contribution in [1.82, 2.24) is 29.8 Å². The van der Waals surface area contributed by atoms with Crippen molar-refractivity contribution in [2.75, 3.05) is 0 Å². The lowest BCUT2D eigenvalue weighted by molar-refractivity contribution is -0.144. The summed E-state index contributed by atoms with van der Waals surface area (Å²) in [6.07, 6.45) is 0.317. The third kappa shape index (κ3) is 2.82. The van der Waals surface area contributed by atoms with Crippen LogP contribution in [-0.2, 0) is 6.18 Å². The van der Waals surface area contributed by atoms with Gasteiger partial charge in [0, 0.05) is 28.9 Å². The summed E-state index contributed by atoms with van der Waals surface area (Å²) in [7, 11) is 0. The number of nitrogens with zero attached hydrogens (tertiary/aromatic N) is 5. The Morgan fingerprint density at radius 2 is 1.79 bits per heavy atom. The second kappa shape index (κ2) is 6.13. The largest absolute Gasteiger partial charge is 0.453 e. The third-order valence-electron chi connectivity index (χ3n) is 4.76. The monoisotopic (exact) mass is 394 g/mol. The Labute approximate surface area is 162 Å². The van der Waals surface area contributed by atoms with Gasteiger partial charge < -0.3 is 0 Å². The van der Waals surface area contributed by atoms with E-state index in [1.807, 2.05) is 19.1 Å². The second-order valence-corrected chi connectivity index (χ2v) is 6.66. The fourth-order valence-corrected chi connectivity index (χ4v) is 3.48. The number of halogens is 3. The van der Waals surface area contributed by atoms with E-state index in [1.165, 1.54) is 10.6 Å². The van der Waals surface area contributed by atoms with Gasteiger partial charge in [-0.15, -0.1) is 5.10 Å². The number of hydrogen-bond donors (Lipinski definition) is 1. The van der Waals surface area contributed by atoms with Crippen molar-refractivity contribution >= 4 is 16.6 Å². The van der Waals surface area contributed by atoms with Gasteiger partial charge in [0.25, 0.3) is 5.82 Å². The molecule has 0 saturated heterocycles. The molecule has 29 heavy (non-hydrogen) atoms. The summed E-state index contributed by atoms with van der Waals surface area (Å²) in [5, 5.41) is 11.6. The highest BCUT2D eigenvalue weighted by Gasteiger charge is 2.36. The van der Waals surface area contributed by atoms with Crippen molar-refractivity contribution in [1.29, 1.82) is 0 Å². The van der Waals surface area contributed by atoms with Crippen molar-refractivity contribution in [2.24, 2.45) is 0 Å². The molecule has 0 radical (unpaired) electrons. The lowest BCUT2D eigenvalue weighted by atomic mass is 9.97. The molecule has 4 aromatic heterocycles. The van der Waals surface area contributed by atoms with Gasteiger partial charge in [0.1, 0.15) is 0 Å². The van der Waals surface area contributed by atoms with Gasteiger partial charge in [-0.3, -0.25) is 10.1 Å². The maximum absolute atomic E-state index is 13.3. The zero-order chi connectivity index (χ0) is 20.2. The molecule has 0 atom stereocenters. The number of fused-ring (bicyclic) bond motifs is 2. The van der Waals surface area contributed by atoms with Gasteiger partial charge in [-0.2, -0.15) is 18.3 Å². The van der Waals surface area contributed by atoms with Crippen molar-refractivity contribution in [2.45, 2.75) is 13.1 Å². The molecule has 5 rings (SSSR count). The van der Waals surface area contributed by atoms with Crippen LogP contribution in [0.25, 0.3) is 38.9 Å². The smallest absolute Gasteiger partial charge is 0.278 e. The molecule has 9 heteroatoms. The Hall–Kier alpha value is -3.75. The number of aromatic nitrogens is 6. The zero-order valence-corrected chi connectivity index (χ0v) is 15.1. The lowest BCUT2D eigenvalue weighted by Gasteiger charge is -2.13.